The molecule has 0 saturated heterocycles. The summed E-state index contributed by atoms with van der Waals surface area (Å²) >= 11 is 3.27. The fourth-order valence-electron chi connectivity index (χ4n) is 4.03. The number of halogens is 2. The van der Waals surface area contributed by atoms with Gasteiger partial charge in [-0.3, -0.25) is 9.78 Å². The molecule has 1 aliphatic carbocycles. The van der Waals surface area contributed by atoms with Crippen molar-refractivity contribution >= 4 is 44.5 Å². The van der Waals surface area contributed by atoms with E-state index in [0.29, 0.717) is 22.3 Å². The number of amides is 1. The van der Waals surface area contributed by atoms with Gasteiger partial charge in [-0.1, -0.05) is 11.6 Å². The van der Waals surface area contributed by atoms with Gasteiger partial charge in [0.05, 0.1) is 28.0 Å². The summed E-state index contributed by atoms with van der Waals surface area (Å²) in [5, 5.41) is 0.844. The van der Waals surface area contributed by atoms with Gasteiger partial charge < -0.3 is 9.64 Å². The number of benzene rings is 1. The lowest BCUT2D eigenvalue weighted by Crippen LogP contribution is -2.26. The minimum atomic E-state index is -0.342. The molecule has 6 heteroatoms. The molecule has 2 atom stereocenters. The topological polar surface area (TPSA) is 42.4 Å². The molecule has 0 unspecified atom stereocenters. The zero-order chi connectivity index (χ0) is 18.4. The minimum absolute atomic E-state index is 0.0539. The predicted molar refractivity (Wildman–Crippen MR) is 104 cm³/mol. The van der Waals surface area contributed by atoms with Gasteiger partial charge in [0.2, 0.25) is 5.91 Å². The lowest BCUT2D eigenvalue weighted by molar-refractivity contribution is -0.117. The molecule has 1 aliphatic heterocycles. The first-order valence-electron chi connectivity index (χ1n) is 8.75. The van der Waals surface area contributed by atoms with E-state index in [-0.39, 0.29) is 17.8 Å². The van der Waals surface area contributed by atoms with Crippen molar-refractivity contribution in [3.8, 4) is 0 Å². The normalized spacial score (nSPS) is 23.2. The summed E-state index contributed by atoms with van der Waals surface area (Å²) in [5.74, 6) is 0.0551. The molecule has 0 radical (unpaired) electrons. The van der Waals surface area contributed by atoms with Crippen LogP contribution in [0.2, 0.25) is 0 Å². The minimum Gasteiger partial charge on any atom is -0.381 e. The number of pyridine rings is 1. The van der Waals surface area contributed by atoms with Crippen LogP contribution >= 0.6 is 15.9 Å². The van der Waals surface area contributed by atoms with Gasteiger partial charge >= 0.3 is 0 Å². The molecule has 1 aromatic heterocycles. The summed E-state index contributed by atoms with van der Waals surface area (Å²) in [6, 6.07) is 3.18. The Kier molecular flexibility index (Phi) is 4.57. The van der Waals surface area contributed by atoms with Gasteiger partial charge in [-0.2, -0.15) is 0 Å². The van der Waals surface area contributed by atoms with Crippen molar-refractivity contribution in [1.82, 2.24) is 4.98 Å². The number of ether oxygens (including phenoxy) is 1. The number of aromatic nitrogens is 1. The molecule has 2 aromatic rings. The first kappa shape index (κ1) is 17.6. The van der Waals surface area contributed by atoms with Crippen molar-refractivity contribution in [2.45, 2.75) is 31.8 Å². The van der Waals surface area contributed by atoms with Gasteiger partial charge in [-0.25, -0.2) is 4.39 Å². The highest BCUT2D eigenvalue weighted by Crippen LogP contribution is 2.40. The van der Waals surface area contributed by atoms with Crippen LogP contribution in [0.1, 0.15) is 31.2 Å². The number of methoxy groups -OCH3 is 1. The van der Waals surface area contributed by atoms with Crippen LogP contribution in [0, 0.1) is 11.7 Å². The number of nitrogens with zero attached hydrogens (tertiary/aromatic N) is 2. The zero-order valence-corrected chi connectivity index (χ0v) is 16.3. The molecule has 0 spiro atoms. The number of hydrogen-bond acceptors (Lipinski definition) is 3. The molecule has 1 fully saturated rings. The highest BCUT2D eigenvalue weighted by atomic mass is 79.9. The fourth-order valence-corrected chi connectivity index (χ4v) is 4.38. The Balaban J connectivity index is 1.88. The predicted octanol–water partition coefficient (Wildman–Crippen LogP) is 4.70. The van der Waals surface area contributed by atoms with E-state index in [9.17, 15) is 9.18 Å². The molecule has 0 bridgehead atoms. The Morgan fingerprint density at radius 2 is 2.15 bits per heavy atom. The molecular formula is C20H20BrFN2O2. The lowest BCUT2D eigenvalue weighted by atomic mass is 9.92. The molecule has 1 amide bonds. The Bertz CT molecular complexity index is 928. The number of carbonyl (C=O) groups is 1. The molecule has 2 heterocycles. The summed E-state index contributed by atoms with van der Waals surface area (Å²) in [6.07, 6.45) is 7.42. The van der Waals surface area contributed by atoms with Crippen LogP contribution in [-0.4, -0.2) is 31.2 Å². The first-order valence-corrected chi connectivity index (χ1v) is 9.54. The Labute approximate surface area is 160 Å². The number of carbonyl (C=O) groups excluding carboxylic acids is 1. The van der Waals surface area contributed by atoms with E-state index in [1.807, 2.05) is 0 Å². The number of anilines is 1. The van der Waals surface area contributed by atoms with E-state index >= 15 is 0 Å². The number of hydrogen-bond donors (Lipinski definition) is 0. The van der Waals surface area contributed by atoms with Crippen LogP contribution < -0.4 is 4.90 Å². The Hall–Kier alpha value is -1.79. The maximum absolute atomic E-state index is 13.9. The maximum Gasteiger partial charge on any atom is 0.230 e. The number of fused-ring (bicyclic) bond motifs is 3. The Morgan fingerprint density at radius 1 is 1.35 bits per heavy atom. The maximum atomic E-state index is 13.9. The quantitative estimate of drug-likeness (QED) is 0.709. The second kappa shape index (κ2) is 6.74. The highest BCUT2D eigenvalue weighted by molar-refractivity contribution is 9.10. The third-order valence-corrected chi connectivity index (χ3v) is 6.20. The third kappa shape index (κ3) is 2.95. The van der Waals surface area contributed by atoms with Gasteiger partial charge in [0.25, 0.3) is 0 Å². The van der Waals surface area contributed by atoms with Gasteiger partial charge in [-0.15, -0.1) is 0 Å². The standard InChI is InChI=1S/C20H20BrFN2O2/c1-24-19-10-23-18-9-17(22)16(21)8-14(18)15(19)6-12(7-20(24)25)11-3-4-13(5-11)26-2/h6,8-11,13H,3-5,7H2,1-2H3/t11-,13-/m0/s1. The number of rotatable bonds is 2. The largest absolute Gasteiger partial charge is 0.381 e. The first-order chi connectivity index (χ1) is 12.5. The molecule has 1 aromatic carbocycles. The van der Waals surface area contributed by atoms with Gasteiger partial charge in [-0.05, 0) is 47.2 Å². The van der Waals surface area contributed by atoms with Crippen molar-refractivity contribution in [3.05, 3.63) is 39.8 Å². The van der Waals surface area contributed by atoms with Crippen LogP contribution in [0.25, 0.3) is 17.0 Å². The summed E-state index contributed by atoms with van der Waals surface area (Å²) in [5.41, 5.74) is 3.41. The van der Waals surface area contributed by atoms with E-state index in [4.69, 9.17) is 4.74 Å². The van der Waals surface area contributed by atoms with Crippen LogP contribution in [-0.2, 0) is 9.53 Å². The van der Waals surface area contributed by atoms with Gasteiger partial charge in [0.15, 0.2) is 0 Å². The van der Waals surface area contributed by atoms with E-state index in [1.165, 1.54) is 6.07 Å². The van der Waals surface area contributed by atoms with Crippen LogP contribution in [0.5, 0.6) is 0 Å². The van der Waals surface area contributed by atoms with Crippen LogP contribution in [0.3, 0.4) is 0 Å². The molecule has 1 saturated carbocycles. The second-order valence-electron chi connectivity index (χ2n) is 7.06. The Morgan fingerprint density at radius 3 is 2.88 bits per heavy atom. The molecular weight excluding hydrogens is 399 g/mol. The molecule has 2 aliphatic rings. The second-order valence-corrected chi connectivity index (χ2v) is 7.91. The van der Waals surface area contributed by atoms with Gasteiger partial charge in [0, 0.05) is 37.6 Å². The van der Waals surface area contributed by atoms with Crippen LogP contribution in [0.15, 0.2) is 28.4 Å². The molecule has 136 valence electrons. The fraction of sp³-hybridized carbons (Fsp3) is 0.400. The van der Waals surface area contributed by atoms with Crippen LogP contribution in [0.4, 0.5) is 10.1 Å². The summed E-state index contributed by atoms with van der Waals surface area (Å²) in [4.78, 5) is 18.7. The van der Waals surface area contributed by atoms with E-state index in [1.54, 1.807) is 31.3 Å². The molecule has 4 nitrogen and oxygen atoms in total. The van der Waals surface area contributed by atoms with E-state index in [2.05, 4.69) is 27.0 Å². The monoisotopic (exact) mass is 418 g/mol. The lowest BCUT2D eigenvalue weighted by Gasteiger charge is -2.18. The molecule has 0 N–H and O–H groups in total. The van der Waals surface area contributed by atoms with Crippen molar-refractivity contribution < 1.29 is 13.9 Å². The average molecular weight is 419 g/mol. The summed E-state index contributed by atoms with van der Waals surface area (Å²) in [7, 11) is 3.52. The summed E-state index contributed by atoms with van der Waals surface area (Å²) < 4.78 is 19.8. The zero-order valence-electron chi connectivity index (χ0n) is 14.8. The SMILES string of the molecule is CO[C@H]1CC[C@H](C2=Cc3c(cnc4cc(F)c(Br)cc34)N(C)C(=O)C2)C1. The highest BCUT2D eigenvalue weighted by Gasteiger charge is 2.31. The van der Waals surface area contributed by atoms with Crippen molar-refractivity contribution in [2.24, 2.45) is 5.92 Å². The smallest absolute Gasteiger partial charge is 0.230 e. The van der Waals surface area contributed by atoms with Gasteiger partial charge in [0.1, 0.15) is 5.82 Å². The van der Waals surface area contributed by atoms with Crippen molar-refractivity contribution in [1.29, 1.82) is 0 Å². The molecule has 4 rings (SSSR count). The van der Waals surface area contributed by atoms with Crippen molar-refractivity contribution in [2.75, 3.05) is 19.1 Å². The third-order valence-electron chi connectivity index (χ3n) is 5.59. The van der Waals surface area contributed by atoms with E-state index < -0.39 is 0 Å². The van der Waals surface area contributed by atoms with Crippen molar-refractivity contribution in [3.63, 3.8) is 0 Å². The molecule has 26 heavy (non-hydrogen) atoms. The van der Waals surface area contributed by atoms with E-state index in [0.717, 1.165) is 41.5 Å². The summed E-state index contributed by atoms with van der Waals surface area (Å²) in [6.45, 7) is 0. The average Bonchev–Trinajstić information content (AvgIpc) is 3.06.